The van der Waals surface area contributed by atoms with Crippen LogP contribution in [0.2, 0.25) is 0 Å². The Hall–Kier alpha value is -1.62. The number of hydrogen-bond donors (Lipinski definition) is 1. The first kappa shape index (κ1) is 15.8. The predicted molar refractivity (Wildman–Crippen MR) is 84.2 cm³/mol. The normalized spacial score (nSPS) is 17.6. The second-order valence-electron chi connectivity index (χ2n) is 6.80. The molecule has 0 radical (unpaired) electrons. The molecule has 116 valence electrons. The third kappa shape index (κ3) is 3.94. The highest BCUT2D eigenvalue weighted by atomic mass is 16.4. The number of aromatic carboxylic acids is 1. The standard InChI is InChI=1S/C16H25N3O2/c1-16(2,3)13-10-12(15(20)21)11-14(17-13)19-7-5-6-18(4)8-9-19/h10-11H,5-9H2,1-4H3,(H,20,21). The van der Waals surface area contributed by atoms with Crippen molar-refractivity contribution in [2.75, 3.05) is 38.1 Å². The highest BCUT2D eigenvalue weighted by Crippen LogP contribution is 2.25. The molecular formula is C16H25N3O2. The minimum absolute atomic E-state index is 0.164. The molecule has 21 heavy (non-hydrogen) atoms. The molecular weight excluding hydrogens is 266 g/mol. The number of likely N-dealkylation sites (N-methyl/N-ethyl adjacent to an activating group) is 1. The van der Waals surface area contributed by atoms with E-state index in [4.69, 9.17) is 4.98 Å². The number of hydrogen-bond acceptors (Lipinski definition) is 4. The van der Waals surface area contributed by atoms with Crippen LogP contribution in [0.4, 0.5) is 5.82 Å². The van der Waals surface area contributed by atoms with Crippen molar-refractivity contribution >= 4 is 11.8 Å². The molecule has 2 heterocycles. The molecule has 1 aromatic rings. The third-order valence-corrected chi connectivity index (χ3v) is 3.87. The smallest absolute Gasteiger partial charge is 0.335 e. The lowest BCUT2D eigenvalue weighted by molar-refractivity contribution is 0.0696. The molecule has 1 aliphatic rings. The van der Waals surface area contributed by atoms with Crippen LogP contribution in [-0.2, 0) is 5.41 Å². The summed E-state index contributed by atoms with van der Waals surface area (Å²) in [7, 11) is 2.12. The largest absolute Gasteiger partial charge is 0.478 e. The fourth-order valence-corrected chi connectivity index (χ4v) is 2.46. The van der Waals surface area contributed by atoms with E-state index >= 15 is 0 Å². The van der Waals surface area contributed by atoms with E-state index < -0.39 is 5.97 Å². The molecule has 0 atom stereocenters. The van der Waals surface area contributed by atoms with Crippen LogP contribution in [0.5, 0.6) is 0 Å². The molecule has 0 saturated carbocycles. The Morgan fingerprint density at radius 3 is 2.52 bits per heavy atom. The molecule has 0 unspecified atom stereocenters. The summed E-state index contributed by atoms with van der Waals surface area (Å²) >= 11 is 0. The van der Waals surface area contributed by atoms with E-state index in [9.17, 15) is 9.90 Å². The summed E-state index contributed by atoms with van der Waals surface area (Å²) in [4.78, 5) is 20.6. The summed E-state index contributed by atoms with van der Waals surface area (Å²) < 4.78 is 0. The van der Waals surface area contributed by atoms with Gasteiger partial charge in [-0.05, 0) is 32.1 Å². The van der Waals surface area contributed by atoms with Crippen molar-refractivity contribution in [3.63, 3.8) is 0 Å². The molecule has 2 rings (SSSR count). The number of aromatic nitrogens is 1. The zero-order chi connectivity index (χ0) is 15.6. The van der Waals surface area contributed by atoms with Crippen molar-refractivity contribution in [1.29, 1.82) is 0 Å². The Morgan fingerprint density at radius 1 is 1.19 bits per heavy atom. The van der Waals surface area contributed by atoms with Crippen LogP contribution in [-0.4, -0.2) is 54.2 Å². The average Bonchev–Trinajstić information content (AvgIpc) is 2.62. The van der Waals surface area contributed by atoms with Crippen LogP contribution in [0.1, 0.15) is 43.2 Å². The second-order valence-corrected chi connectivity index (χ2v) is 6.80. The second kappa shape index (κ2) is 6.02. The first-order chi connectivity index (χ1) is 9.77. The van der Waals surface area contributed by atoms with Gasteiger partial charge in [0.2, 0.25) is 0 Å². The quantitative estimate of drug-likeness (QED) is 0.905. The monoisotopic (exact) mass is 291 g/mol. The molecule has 1 N–H and O–H groups in total. The van der Waals surface area contributed by atoms with Gasteiger partial charge in [-0.3, -0.25) is 0 Å². The fourth-order valence-electron chi connectivity index (χ4n) is 2.46. The van der Waals surface area contributed by atoms with Crippen molar-refractivity contribution in [2.45, 2.75) is 32.6 Å². The van der Waals surface area contributed by atoms with Crippen LogP contribution < -0.4 is 4.90 Å². The van der Waals surface area contributed by atoms with E-state index in [1.807, 2.05) is 0 Å². The maximum Gasteiger partial charge on any atom is 0.335 e. The topological polar surface area (TPSA) is 56.7 Å². The van der Waals surface area contributed by atoms with Gasteiger partial charge >= 0.3 is 5.97 Å². The lowest BCUT2D eigenvalue weighted by Crippen LogP contribution is -2.30. The summed E-state index contributed by atoms with van der Waals surface area (Å²) in [5, 5.41) is 9.34. The van der Waals surface area contributed by atoms with Crippen molar-refractivity contribution in [1.82, 2.24) is 9.88 Å². The molecule has 0 bridgehead atoms. The van der Waals surface area contributed by atoms with Crippen molar-refractivity contribution in [3.8, 4) is 0 Å². The minimum atomic E-state index is -0.893. The number of carboxylic acid groups (broad SMARTS) is 1. The fraction of sp³-hybridized carbons (Fsp3) is 0.625. The van der Waals surface area contributed by atoms with Crippen LogP contribution in [0.15, 0.2) is 12.1 Å². The molecule has 0 spiro atoms. The maximum atomic E-state index is 11.4. The van der Waals surface area contributed by atoms with Gasteiger partial charge < -0.3 is 14.9 Å². The summed E-state index contributed by atoms with van der Waals surface area (Å²) in [5.74, 6) is -0.105. The Morgan fingerprint density at radius 2 is 1.90 bits per heavy atom. The van der Waals surface area contributed by atoms with E-state index in [0.717, 1.165) is 44.1 Å². The average molecular weight is 291 g/mol. The first-order valence-corrected chi connectivity index (χ1v) is 7.47. The van der Waals surface area contributed by atoms with Gasteiger partial charge in [-0.15, -0.1) is 0 Å². The Kier molecular flexibility index (Phi) is 4.52. The number of rotatable bonds is 2. The zero-order valence-electron chi connectivity index (χ0n) is 13.4. The van der Waals surface area contributed by atoms with Gasteiger partial charge in [0.1, 0.15) is 5.82 Å². The third-order valence-electron chi connectivity index (χ3n) is 3.87. The maximum absolute atomic E-state index is 11.4. The Balaban J connectivity index is 2.37. The number of anilines is 1. The van der Waals surface area contributed by atoms with Crippen molar-refractivity contribution < 1.29 is 9.90 Å². The molecule has 0 aromatic carbocycles. The van der Waals surface area contributed by atoms with Crippen molar-refractivity contribution in [3.05, 3.63) is 23.4 Å². The molecule has 1 saturated heterocycles. The first-order valence-electron chi connectivity index (χ1n) is 7.47. The molecule has 1 fully saturated rings. The number of pyridine rings is 1. The van der Waals surface area contributed by atoms with Crippen molar-refractivity contribution in [2.24, 2.45) is 0 Å². The Labute approximate surface area is 126 Å². The van der Waals surface area contributed by atoms with Crippen LogP contribution in [0.25, 0.3) is 0 Å². The molecule has 5 nitrogen and oxygen atoms in total. The van der Waals surface area contributed by atoms with E-state index in [-0.39, 0.29) is 5.41 Å². The molecule has 1 aliphatic heterocycles. The minimum Gasteiger partial charge on any atom is -0.478 e. The van der Waals surface area contributed by atoms with Gasteiger partial charge in [-0.25, -0.2) is 9.78 Å². The van der Waals surface area contributed by atoms with Crippen LogP contribution >= 0.6 is 0 Å². The van der Waals surface area contributed by atoms with Crippen LogP contribution in [0, 0.1) is 0 Å². The molecule has 5 heteroatoms. The zero-order valence-corrected chi connectivity index (χ0v) is 13.4. The van der Waals surface area contributed by atoms with E-state index in [0.29, 0.717) is 5.56 Å². The lowest BCUT2D eigenvalue weighted by atomic mass is 9.90. The van der Waals surface area contributed by atoms with E-state index in [2.05, 4.69) is 37.6 Å². The SMILES string of the molecule is CN1CCCN(c2cc(C(=O)O)cc(C(C)(C)C)n2)CC1. The highest BCUT2D eigenvalue weighted by molar-refractivity contribution is 5.88. The summed E-state index contributed by atoms with van der Waals surface area (Å²) in [6.07, 6.45) is 1.07. The predicted octanol–water partition coefficient (Wildman–Crippen LogP) is 2.22. The van der Waals surface area contributed by atoms with Gasteiger partial charge in [-0.2, -0.15) is 0 Å². The van der Waals surface area contributed by atoms with Crippen LogP contribution in [0.3, 0.4) is 0 Å². The molecule has 1 aromatic heterocycles. The summed E-state index contributed by atoms with van der Waals surface area (Å²) in [6, 6.07) is 3.39. The van der Waals surface area contributed by atoms with Gasteiger partial charge in [0.05, 0.1) is 5.56 Å². The molecule has 0 amide bonds. The van der Waals surface area contributed by atoms with E-state index in [1.54, 1.807) is 12.1 Å². The lowest BCUT2D eigenvalue weighted by Gasteiger charge is -2.25. The van der Waals surface area contributed by atoms with Gasteiger partial charge in [0.25, 0.3) is 0 Å². The molecule has 0 aliphatic carbocycles. The summed E-state index contributed by atoms with van der Waals surface area (Å²) in [5.41, 5.74) is 0.987. The van der Waals surface area contributed by atoms with Gasteiger partial charge in [-0.1, -0.05) is 20.8 Å². The van der Waals surface area contributed by atoms with Gasteiger partial charge in [0, 0.05) is 30.7 Å². The Bertz CT molecular complexity index is 523. The highest BCUT2D eigenvalue weighted by Gasteiger charge is 2.22. The number of carboxylic acids is 1. The number of carbonyl (C=O) groups is 1. The van der Waals surface area contributed by atoms with Gasteiger partial charge in [0.15, 0.2) is 0 Å². The number of nitrogens with zero attached hydrogens (tertiary/aromatic N) is 3. The van der Waals surface area contributed by atoms with E-state index in [1.165, 1.54) is 0 Å². The summed E-state index contributed by atoms with van der Waals surface area (Å²) in [6.45, 7) is 10.0.